The van der Waals surface area contributed by atoms with Crippen molar-refractivity contribution in [3.8, 4) is 0 Å². The highest BCUT2D eigenvalue weighted by Gasteiger charge is 2.30. The quantitative estimate of drug-likeness (QED) is 0.634. The third-order valence-electron chi connectivity index (χ3n) is 5.54. The Hall–Kier alpha value is -1.74. The number of sulfonamides is 1. The molecule has 8 heteroatoms. The number of nitrogens with zero attached hydrogens (tertiary/aromatic N) is 2. The summed E-state index contributed by atoms with van der Waals surface area (Å²) in [6.45, 7) is 8.65. The van der Waals surface area contributed by atoms with E-state index in [4.69, 9.17) is 0 Å². The van der Waals surface area contributed by atoms with E-state index in [2.05, 4.69) is 36.2 Å². The van der Waals surface area contributed by atoms with E-state index in [9.17, 15) is 13.2 Å². The van der Waals surface area contributed by atoms with Crippen LogP contribution in [-0.4, -0.2) is 49.7 Å². The van der Waals surface area contributed by atoms with Crippen molar-refractivity contribution in [3.05, 3.63) is 51.7 Å². The fourth-order valence-corrected chi connectivity index (χ4v) is 6.48. The molecule has 6 nitrogen and oxygen atoms in total. The molecule has 1 aromatic carbocycles. The molecule has 2 aromatic rings. The van der Waals surface area contributed by atoms with Crippen LogP contribution in [0.4, 0.5) is 0 Å². The molecule has 2 heterocycles. The Morgan fingerprint density at radius 1 is 1.03 bits per heavy atom. The molecule has 1 aliphatic heterocycles. The summed E-state index contributed by atoms with van der Waals surface area (Å²) < 4.78 is 27.4. The Bertz CT molecular complexity index is 929. The number of hydrogen-bond donors (Lipinski definition) is 1. The third-order valence-corrected chi connectivity index (χ3v) is 8.53. The highest BCUT2D eigenvalue weighted by atomic mass is 32.2. The molecule has 1 amide bonds. The fraction of sp³-hybridized carbons (Fsp3) is 0.500. The van der Waals surface area contributed by atoms with E-state index in [1.807, 2.05) is 12.1 Å². The molecule has 0 atom stereocenters. The minimum atomic E-state index is -3.62. The maximum absolute atomic E-state index is 13.0. The summed E-state index contributed by atoms with van der Waals surface area (Å²) in [5, 5.41) is 4.55. The first-order valence-electron chi connectivity index (χ1n) is 10.6. The lowest BCUT2D eigenvalue weighted by atomic mass is 10.1. The van der Waals surface area contributed by atoms with Crippen LogP contribution >= 0.6 is 11.3 Å². The largest absolute Gasteiger partial charge is 0.347 e. The number of thiophene rings is 1. The van der Waals surface area contributed by atoms with Crippen LogP contribution in [0.15, 0.2) is 40.6 Å². The third kappa shape index (κ3) is 5.49. The molecule has 0 aliphatic carbocycles. The van der Waals surface area contributed by atoms with E-state index in [-0.39, 0.29) is 15.7 Å². The lowest BCUT2D eigenvalue weighted by molar-refractivity contribution is 0.0952. The van der Waals surface area contributed by atoms with Crippen molar-refractivity contribution < 1.29 is 13.2 Å². The van der Waals surface area contributed by atoms with Gasteiger partial charge < -0.3 is 5.32 Å². The Balaban J connectivity index is 1.63. The minimum absolute atomic E-state index is 0.126. The zero-order valence-electron chi connectivity index (χ0n) is 17.8. The first kappa shape index (κ1) is 22.9. The summed E-state index contributed by atoms with van der Waals surface area (Å²) in [4.78, 5) is 15.5. The zero-order chi connectivity index (χ0) is 21.6. The normalized spacial score (nSPS) is 15.4. The SMILES string of the molecule is CCN(CC)Cc1ccc(CNC(=O)c2sccc2S(=O)(=O)N2CCCCC2)cc1. The molecule has 0 spiro atoms. The van der Waals surface area contributed by atoms with Gasteiger partial charge in [-0.15, -0.1) is 11.3 Å². The molecular formula is C22H31N3O3S2. The lowest BCUT2D eigenvalue weighted by Gasteiger charge is -2.25. The number of carbonyl (C=O) groups is 1. The van der Waals surface area contributed by atoms with Gasteiger partial charge in [-0.2, -0.15) is 4.31 Å². The highest BCUT2D eigenvalue weighted by molar-refractivity contribution is 7.89. The summed E-state index contributed by atoms with van der Waals surface area (Å²) in [7, 11) is -3.62. The van der Waals surface area contributed by atoms with Gasteiger partial charge >= 0.3 is 0 Å². The van der Waals surface area contributed by atoms with Crippen molar-refractivity contribution in [2.75, 3.05) is 26.2 Å². The molecular weight excluding hydrogens is 418 g/mol. The molecule has 1 saturated heterocycles. The van der Waals surface area contributed by atoms with Gasteiger partial charge in [0.25, 0.3) is 5.91 Å². The van der Waals surface area contributed by atoms with Crippen molar-refractivity contribution in [1.29, 1.82) is 0 Å². The van der Waals surface area contributed by atoms with Crippen molar-refractivity contribution in [2.24, 2.45) is 0 Å². The Kier molecular flexibility index (Phi) is 8.05. The Morgan fingerprint density at radius 2 is 1.67 bits per heavy atom. The van der Waals surface area contributed by atoms with Gasteiger partial charge in [0, 0.05) is 26.2 Å². The second kappa shape index (κ2) is 10.5. The fourth-order valence-electron chi connectivity index (χ4n) is 3.64. The van der Waals surface area contributed by atoms with Crippen LogP contribution in [0.1, 0.15) is 53.9 Å². The van der Waals surface area contributed by atoms with Crippen molar-refractivity contribution in [3.63, 3.8) is 0 Å². The predicted octanol–water partition coefficient (Wildman–Crippen LogP) is 3.69. The predicted molar refractivity (Wildman–Crippen MR) is 121 cm³/mol. The van der Waals surface area contributed by atoms with Gasteiger partial charge in [-0.25, -0.2) is 8.42 Å². The second-order valence-corrected chi connectivity index (χ2v) is 10.4. The monoisotopic (exact) mass is 449 g/mol. The zero-order valence-corrected chi connectivity index (χ0v) is 19.4. The minimum Gasteiger partial charge on any atom is -0.347 e. The van der Waals surface area contributed by atoms with Crippen LogP contribution in [0.3, 0.4) is 0 Å². The van der Waals surface area contributed by atoms with Gasteiger partial charge in [-0.05, 0) is 48.5 Å². The number of benzene rings is 1. The molecule has 164 valence electrons. The smallest absolute Gasteiger partial charge is 0.263 e. The number of hydrogen-bond acceptors (Lipinski definition) is 5. The van der Waals surface area contributed by atoms with Crippen LogP contribution in [0.5, 0.6) is 0 Å². The standard InChI is InChI=1S/C22H31N3O3S2/c1-3-24(4-2)17-19-10-8-18(9-11-19)16-23-22(26)21-20(12-15-29-21)30(27,28)25-13-6-5-7-14-25/h8-12,15H,3-7,13-14,16-17H2,1-2H3,(H,23,26). The van der Waals surface area contributed by atoms with Crippen molar-refractivity contribution in [2.45, 2.75) is 51.1 Å². The lowest BCUT2D eigenvalue weighted by Crippen LogP contribution is -2.36. The van der Waals surface area contributed by atoms with Crippen LogP contribution in [-0.2, 0) is 23.1 Å². The molecule has 1 fully saturated rings. The van der Waals surface area contributed by atoms with E-state index in [0.717, 1.165) is 44.5 Å². The molecule has 3 rings (SSSR count). The number of piperidine rings is 1. The average molecular weight is 450 g/mol. The van der Waals surface area contributed by atoms with E-state index in [1.165, 1.54) is 21.2 Å². The maximum Gasteiger partial charge on any atom is 0.263 e. The average Bonchev–Trinajstić information content (AvgIpc) is 3.28. The van der Waals surface area contributed by atoms with Gasteiger partial charge in [0.1, 0.15) is 9.77 Å². The molecule has 0 saturated carbocycles. The summed E-state index contributed by atoms with van der Waals surface area (Å²) in [5.41, 5.74) is 2.23. The molecule has 1 aliphatic rings. The molecule has 1 N–H and O–H groups in total. The highest BCUT2D eigenvalue weighted by Crippen LogP contribution is 2.27. The maximum atomic E-state index is 13.0. The molecule has 0 radical (unpaired) electrons. The molecule has 0 unspecified atom stereocenters. The van der Waals surface area contributed by atoms with E-state index in [1.54, 1.807) is 11.4 Å². The Morgan fingerprint density at radius 3 is 2.30 bits per heavy atom. The summed E-state index contributed by atoms with van der Waals surface area (Å²) >= 11 is 1.17. The number of nitrogens with one attached hydrogen (secondary N) is 1. The van der Waals surface area contributed by atoms with Gasteiger partial charge in [0.15, 0.2) is 0 Å². The van der Waals surface area contributed by atoms with Crippen LogP contribution < -0.4 is 5.32 Å². The molecule has 0 bridgehead atoms. The molecule has 30 heavy (non-hydrogen) atoms. The van der Waals surface area contributed by atoms with Gasteiger partial charge in [0.2, 0.25) is 10.0 Å². The number of amides is 1. The Labute approximate surface area is 183 Å². The van der Waals surface area contributed by atoms with Gasteiger partial charge in [-0.1, -0.05) is 44.5 Å². The first-order valence-corrected chi connectivity index (χ1v) is 12.9. The number of rotatable bonds is 9. The molecule has 1 aromatic heterocycles. The van der Waals surface area contributed by atoms with E-state index in [0.29, 0.717) is 19.6 Å². The summed E-state index contributed by atoms with van der Waals surface area (Å²) in [5.74, 6) is -0.340. The first-order chi connectivity index (χ1) is 14.5. The van der Waals surface area contributed by atoms with Crippen LogP contribution in [0.2, 0.25) is 0 Å². The van der Waals surface area contributed by atoms with Crippen molar-refractivity contribution >= 4 is 27.3 Å². The van der Waals surface area contributed by atoms with E-state index >= 15 is 0 Å². The summed E-state index contributed by atoms with van der Waals surface area (Å²) in [6, 6.07) is 9.73. The van der Waals surface area contributed by atoms with Gasteiger partial charge in [-0.3, -0.25) is 9.69 Å². The van der Waals surface area contributed by atoms with Crippen LogP contribution in [0, 0.1) is 0 Å². The van der Waals surface area contributed by atoms with E-state index < -0.39 is 10.0 Å². The van der Waals surface area contributed by atoms with Crippen molar-refractivity contribution in [1.82, 2.24) is 14.5 Å². The topological polar surface area (TPSA) is 69.7 Å². The van der Waals surface area contributed by atoms with Crippen LogP contribution in [0.25, 0.3) is 0 Å². The summed E-state index contributed by atoms with van der Waals surface area (Å²) in [6.07, 6.45) is 2.79. The second-order valence-electron chi connectivity index (χ2n) is 7.54. The van der Waals surface area contributed by atoms with Gasteiger partial charge in [0.05, 0.1) is 0 Å². The number of carbonyl (C=O) groups excluding carboxylic acids is 1.